The molecule has 2 heterocycles. The van der Waals surface area contributed by atoms with Gasteiger partial charge in [0.2, 0.25) is 0 Å². The molecule has 1 saturated heterocycles. The lowest BCUT2D eigenvalue weighted by atomic mass is 10.2. The quantitative estimate of drug-likeness (QED) is 0.804. The number of aliphatic carboxylic acids is 1. The highest BCUT2D eigenvalue weighted by Crippen LogP contribution is 2.15. The van der Waals surface area contributed by atoms with E-state index in [0.717, 1.165) is 12.8 Å². The maximum atomic E-state index is 12.4. The number of rotatable bonds is 6. The van der Waals surface area contributed by atoms with Crippen LogP contribution in [0, 0.1) is 6.92 Å². The molecule has 1 aromatic rings. The number of aromatic amines is 1. The van der Waals surface area contributed by atoms with Crippen LogP contribution < -0.4 is 0 Å². The summed E-state index contributed by atoms with van der Waals surface area (Å²) in [5, 5.41) is 8.79. The molecule has 110 valence electrons. The smallest absolute Gasteiger partial charge is 0.305 e. The van der Waals surface area contributed by atoms with Gasteiger partial charge >= 0.3 is 5.97 Å². The number of carboxylic acids is 1. The number of aryl methyl sites for hydroxylation is 1. The summed E-state index contributed by atoms with van der Waals surface area (Å²) in [6, 6.07) is 0. The molecule has 1 atom stereocenters. The lowest BCUT2D eigenvalue weighted by Crippen LogP contribution is -2.39. The predicted octanol–water partition coefficient (Wildman–Crippen LogP) is 0.814. The van der Waals surface area contributed by atoms with Gasteiger partial charge < -0.3 is 19.7 Å². The normalized spacial score (nSPS) is 18.1. The van der Waals surface area contributed by atoms with Gasteiger partial charge in [-0.05, 0) is 19.8 Å². The van der Waals surface area contributed by atoms with Crippen molar-refractivity contribution in [2.75, 3.05) is 19.7 Å². The fourth-order valence-electron chi connectivity index (χ4n) is 2.24. The van der Waals surface area contributed by atoms with E-state index in [4.69, 9.17) is 9.84 Å². The van der Waals surface area contributed by atoms with Crippen LogP contribution in [-0.2, 0) is 9.53 Å². The number of imidazole rings is 1. The summed E-state index contributed by atoms with van der Waals surface area (Å²) < 4.78 is 5.51. The van der Waals surface area contributed by atoms with Gasteiger partial charge in [0, 0.05) is 19.7 Å². The first kappa shape index (κ1) is 14.5. The molecule has 1 aliphatic rings. The Morgan fingerprint density at radius 3 is 2.95 bits per heavy atom. The SMILES string of the molecule is Cc1ncc(C(=O)N(CCC(=O)O)CC2CCCO2)[nH]1. The lowest BCUT2D eigenvalue weighted by molar-refractivity contribution is -0.137. The number of nitrogens with zero attached hydrogens (tertiary/aromatic N) is 2. The number of ether oxygens (including phenoxy) is 1. The second kappa shape index (κ2) is 6.51. The Kier molecular flexibility index (Phi) is 4.73. The molecule has 0 saturated carbocycles. The lowest BCUT2D eigenvalue weighted by Gasteiger charge is -2.24. The number of hydrogen-bond acceptors (Lipinski definition) is 4. The number of amides is 1. The molecule has 0 aliphatic carbocycles. The number of carbonyl (C=O) groups is 2. The zero-order chi connectivity index (χ0) is 14.5. The van der Waals surface area contributed by atoms with Crippen molar-refractivity contribution < 1.29 is 19.4 Å². The molecule has 20 heavy (non-hydrogen) atoms. The van der Waals surface area contributed by atoms with E-state index in [2.05, 4.69) is 9.97 Å². The number of hydrogen-bond donors (Lipinski definition) is 2. The molecule has 2 N–H and O–H groups in total. The van der Waals surface area contributed by atoms with E-state index in [1.54, 1.807) is 6.92 Å². The number of carbonyl (C=O) groups excluding carboxylic acids is 1. The van der Waals surface area contributed by atoms with Crippen LogP contribution in [0.1, 0.15) is 35.6 Å². The Labute approximate surface area is 116 Å². The third-order valence-corrected chi connectivity index (χ3v) is 3.26. The number of nitrogens with one attached hydrogen (secondary N) is 1. The van der Waals surface area contributed by atoms with Gasteiger partial charge in [-0.1, -0.05) is 0 Å². The van der Waals surface area contributed by atoms with Gasteiger partial charge in [0.25, 0.3) is 5.91 Å². The Balaban J connectivity index is 2.03. The highest BCUT2D eigenvalue weighted by atomic mass is 16.5. The van der Waals surface area contributed by atoms with Gasteiger partial charge in [-0.25, -0.2) is 4.98 Å². The van der Waals surface area contributed by atoms with Crippen molar-refractivity contribution in [2.45, 2.75) is 32.3 Å². The van der Waals surface area contributed by atoms with Crippen molar-refractivity contribution in [2.24, 2.45) is 0 Å². The van der Waals surface area contributed by atoms with Gasteiger partial charge in [0.05, 0.1) is 18.7 Å². The summed E-state index contributed by atoms with van der Waals surface area (Å²) in [7, 11) is 0. The maximum absolute atomic E-state index is 12.4. The molecule has 0 spiro atoms. The zero-order valence-corrected chi connectivity index (χ0v) is 11.5. The standard InChI is InChI=1S/C13H19N3O4/c1-9-14-7-11(15-9)13(19)16(5-4-12(17)18)8-10-3-2-6-20-10/h7,10H,2-6,8H2,1H3,(H,14,15)(H,17,18). The highest BCUT2D eigenvalue weighted by molar-refractivity contribution is 5.92. The summed E-state index contributed by atoms with van der Waals surface area (Å²) in [6.07, 6.45) is 3.27. The van der Waals surface area contributed by atoms with Crippen LogP contribution in [0.25, 0.3) is 0 Å². The predicted molar refractivity (Wildman–Crippen MR) is 70.5 cm³/mol. The van der Waals surface area contributed by atoms with E-state index in [1.807, 2.05) is 0 Å². The van der Waals surface area contributed by atoms with E-state index in [0.29, 0.717) is 24.7 Å². The summed E-state index contributed by atoms with van der Waals surface area (Å²) in [5.41, 5.74) is 0.380. The van der Waals surface area contributed by atoms with Crippen molar-refractivity contribution in [3.8, 4) is 0 Å². The van der Waals surface area contributed by atoms with Crippen LogP contribution in [0.5, 0.6) is 0 Å². The molecular weight excluding hydrogens is 262 g/mol. The Bertz CT molecular complexity index is 480. The van der Waals surface area contributed by atoms with Gasteiger partial charge in [0.1, 0.15) is 11.5 Å². The van der Waals surface area contributed by atoms with Crippen molar-refractivity contribution in [3.05, 3.63) is 17.7 Å². The molecule has 1 aromatic heterocycles. The zero-order valence-electron chi connectivity index (χ0n) is 11.5. The first-order chi connectivity index (χ1) is 9.56. The summed E-state index contributed by atoms with van der Waals surface area (Å²) in [5.74, 6) is -0.498. The van der Waals surface area contributed by atoms with Gasteiger partial charge in [0.15, 0.2) is 0 Å². The minimum Gasteiger partial charge on any atom is -0.481 e. The highest BCUT2D eigenvalue weighted by Gasteiger charge is 2.24. The molecule has 1 unspecified atom stereocenters. The molecule has 0 radical (unpaired) electrons. The number of aromatic nitrogens is 2. The summed E-state index contributed by atoms with van der Waals surface area (Å²) in [6.45, 7) is 3.06. The molecule has 7 nitrogen and oxygen atoms in total. The summed E-state index contributed by atoms with van der Waals surface area (Å²) >= 11 is 0. The maximum Gasteiger partial charge on any atom is 0.305 e. The molecule has 0 bridgehead atoms. The second-order valence-electron chi connectivity index (χ2n) is 4.91. The van der Waals surface area contributed by atoms with Crippen LogP contribution in [-0.4, -0.2) is 57.7 Å². The first-order valence-electron chi connectivity index (χ1n) is 6.70. The first-order valence-corrected chi connectivity index (χ1v) is 6.70. The Morgan fingerprint density at radius 2 is 2.40 bits per heavy atom. The third kappa shape index (κ3) is 3.80. The van der Waals surface area contributed by atoms with Crippen LogP contribution >= 0.6 is 0 Å². The van der Waals surface area contributed by atoms with Crippen LogP contribution in [0.2, 0.25) is 0 Å². The Morgan fingerprint density at radius 1 is 1.60 bits per heavy atom. The minimum absolute atomic E-state index is 0.00300. The minimum atomic E-state index is -0.920. The van der Waals surface area contributed by atoms with E-state index in [-0.39, 0.29) is 25.0 Å². The van der Waals surface area contributed by atoms with Crippen molar-refractivity contribution >= 4 is 11.9 Å². The van der Waals surface area contributed by atoms with Crippen molar-refractivity contribution in [3.63, 3.8) is 0 Å². The molecule has 1 fully saturated rings. The molecule has 2 rings (SSSR count). The van der Waals surface area contributed by atoms with E-state index in [9.17, 15) is 9.59 Å². The Hall–Kier alpha value is -1.89. The van der Waals surface area contributed by atoms with E-state index < -0.39 is 5.97 Å². The average Bonchev–Trinajstić information content (AvgIpc) is 3.04. The van der Waals surface area contributed by atoms with Gasteiger partial charge in [-0.3, -0.25) is 9.59 Å². The largest absolute Gasteiger partial charge is 0.481 e. The molecular formula is C13H19N3O4. The van der Waals surface area contributed by atoms with Crippen LogP contribution in [0.15, 0.2) is 6.20 Å². The fraction of sp³-hybridized carbons (Fsp3) is 0.615. The topological polar surface area (TPSA) is 95.5 Å². The molecule has 1 amide bonds. The number of H-pyrrole nitrogens is 1. The van der Waals surface area contributed by atoms with E-state index >= 15 is 0 Å². The van der Waals surface area contributed by atoms with Gasteiger partial charge in [-0.15, -0.1) is 0 Å². The van der Waals surface area contributed by atoms with Crippen LogP contribution in [0.3, 0.4) is 0 Å². The molecule has 0 aromatic carbocycles. The molecule has 1 aliphatic heterocycles. The van der Waals surface area contributed by atoms with Gasteiger partial charge in [-0.2, -0.15) is 0 Å². The second-order valence-corrected chi connectivity index (χ2v) is 4.91. The van der Waals surface area contributed by atoms with Crippen molar-refractivity contribution in [1.29, 1.82) is 0 Å². The van der Waals surface area contributed by atoms with Crippen molar-refractivity contribution in [1.82, 2.24) is 14.9 Å². The monoisotopic (exact) mass is 281 g/mol. The van der Waals surface area contributed by atoms with Crippen LogP contribution in [0.4, 0.5) is 0 Å². The number of carboxylic acid groups (broad SMARTS) is 1. The summed E-state index contributed by atoms with van der Waals surface area (Å²) in [4.78, 5) is 31.5. The average molecular weight is 281 g/mol. The van der Waals surface area contributed by atoms with E-state index in [1.165, 1.54) is 11.1 Å². The molecule has 7 heteroatoms. The third-order valence-electron chi connectivity index (χ3n) is 3.26. The fourth-order valence-corrected chi connectivity index (χ4v) is 2.24.